The summed E-state index contributed by atoms with van der Waals surface area (Å²) in [5.74, 6) is -0.513. The predicted molar refractivity (Wildman–Crippen MR) is 194 cm³/mol. The summed E-state index contributed by atoms with van der Waals surface area (Å²) < 4.78 is 32.3. The lowest BCUT2D eigenvalue weighted by atomic mass is 9.68. The molecule has 1 fully saturated rings. The predicted octanol–water partition coefficient (Wildman–Crippen LogP) is 6.03. The van der Waals surface area contributed by atoms with E-state index in [0.717, 1.165) is 42.8 Å². The number of benzene rings is 2. The van der Waals surface area contributed by atoms with Gasteiger partial charge in [0.15, 0.2) is 5.78 Å². The fraction of sp³-hybridized carbons (Fsp3) is 0.500. The number of Topliss-reactive ketones (excluding diaryl/α,β-unsaturated/α-hetero) is 1. The third kappa shape index (κ3) is 6.84. The Hall–Kier alpha value is -3.67. The van der Waals surface area contributed by atoms with Crippen LogP contribution in [0.25, 0.3) is 0 Å². The summed E-state index contributed by atoms with van der Waals surface area (Å²) in [4.78, 5) is 29.9. The van der Waals surface area contributed by atoms with Crippen molar-refractivity contribution in [1.82, 2.24) is 9.78 Å². The van der Waals surface area contributed by atoms with Crippen molar-refractivity contribution in [2.75, 3.05) is 43.2 Å². The van der Waals surface area contributed by atoms with Crippen LogP contribution < -0.4 is 14.4 Å². The first-order chi connectivity index (χ1) is 24.0. The van der Waals surface area contributed by atoms with Crippen molar-refractivity contribution < 1.29 is 28.4 Å². The molecule has 2 aliphatic carbocycles. The second-order valence-electron chi connectivity index (χ2n) is 14.7. The summed E-state index contributed by atoms with van der Waals surface area (Å²) in [6.45, 7) is 3.77. The zero-order chi connectivity index (χ0) is 35.2. The molecule has 2 aromatic carbocycles. The van der Waals surface area contributed by atoms with Crippen LogP contribution in [0.5, 0.6) is 11.6 Å². The summed E-state index contributed by atoms with van der Waals surface area (Å²) in [7, 11) is -0.279. The lowest BCUT2D eigenvalue weighted by Crippen LogP contribution is -2.49. The number of aromatic nitrogens is 2. The van der Waals surface area contributed by atoms with E-state index >= 15 is 0 Å². The van der Waals surface area contributed by atoms with Crippen LogP contribution in [0.1, 0.15) is 70.9 Å². The van der Waals surface area contributed by atoms with Gasteiger partial charge >= 0.3 is 0 Å². The molecule has 4 aliphatic rings. The number of carbonyl (C=O) groups excluding carboxylic acids is 2. The van der Waals surface area contributed by atoms with Crippen LogP contribution in [0.4, 0.5) is 5.69 Å². The first-order valence-electron chi connectivity index (χ1n) is 17.5. The Morgan fingerprint density at radius 2 is 2.06 bits per heavy atom. The first kappa shape index (κ1) is 34.8. The fourth-order valence-corrected chi connectivity index (χ4v) is 10.8. The number of fused-ring (bicyclic) bond motifs is 4. The largest absolute Gasteiger partial charge is 0.490 e. The topological polar surface area (TPSA) is 123 Å². The molecule has 10 nitrogen and oxygen atoms in total. The van der Waals surface area contributed by atoms with Gasteiger partial charge in [-0.2, -0.15) is 4.36 Å². The van der Waals surface area contributed by atoms with Gasteiger partial charge in [0.25, 0.3) is 5.91 Å². The van der Waals surface area contributed by atoms with Crippen LogP contribution in [0.15, 0.2) is 59.1 Å². The molecule has 1 saturated carbocycles. The number of amides is 1. The first-order valence-corrected chi connectivity index (χ1v) is 19.7. The van der Waals surface area contributed by atoms with Gasteiger partial charge in [-0.3, -0.25) is 14.3 Å². The Kier molecular flexibility index (Phi) is 9.60. The fourth-order valence-electron chi connectivity index (χ4n) is 8.33. The molecule has 0 radical (unpaired) electrons. The molecular formula is C38H45ClN4O6S. The summed E-state index contributed by atoms with van der Waals surface area (Å²) in [6.07, 6.45) is 10.1. The van der Waals surface area contributed by atoms with Crippen LogP contribution in [0, 0.1) is 17.8 Å². The average molecular weight is 721 g/mol. The summed E-state index contributed by atoms with van der Waals surface area (Å²) in [5.41, 5.74) is 3.46. The van der Waals surface area contributed by atoms with Crippen LogP contribution in [0.2, 0.25) is 5.02 Å². The number of nitrogens with zero attached hydrogens (tertiary/aromatic N) is 4. The molecule has 7 rings (SSSR count). The van der Waals surface area contributed by atoms with E-state index < -0.39 is 33.3 Å². The highest BCUT2D eigenvalue weighted by Gasteiger charge is 2.44. The smallest absolute Gasteiger partial charge is 0.285 e. The minimum Gasteiger partial charge on any atom is -0.490 e. The van der Waals surface area contributed by atoms with Gasteiger partial charge < -0.3 is 19.5 Å². The zero-order valence-corrected chi connectivity index (χ0v) is 30.4. The van der Waals surface area contributed by atoms with E-state index in [0.29, 0.717) is 31.9 Å². The highest BCUT2D eigenvalue weighted by molar-refractivity contribution is 7.94. The molecule has 6 atom stereocenters. The van der Waals surface area contributed by atoms with E-state index in [9.17, 15) is 18.9 Å². The van der Waals surface area contributed by atoms with Gasteiger partial charge in [-0.05, 0) is 97.7 Å². The highest BCUT2D eigenvalue weighted by atomic mass is 35.5. The number of rotatable bonds is 4. The number of carbonyl (C=O) groups is 2. The van der Waals surface area contributed by atoms with Gasteiger partial charge in [-0.25, -0.2) is 4.21 Å². The van der Waals surface area contributed by atoms with Crippen molar-refractivity contribution in [2.24, 2.45) is 29.2 Å². The third-order valence-corrected chi connectivity index (χ3v) is 13.5. The number of methoxy groups -OCH3 is 1. The van der Waals surface area contributed by atoms with E-state index in [1.54, 1.807) is 19.2 Å². The van der Waals surface area contributed by atoms with Crippen molar-refractivity contribution in [2.45, 2.75) is 57.0 Å². The Balaban J connectivity index is 1.30. The van der Waals surface area contributed by atoms with Gasteiger partial charge in [0.2, 0.25) is 5.88 Å². The van der Waals surface area contributed by atoms with Crippen molar-refractivity contribution >= 4 is 38.7 Å². The van der Waals surface area contributed by atoms with Crippen LogP contribution >= 0.6 is 11.6 Å². The van der Waals surface area contributed by atoms with Crippen LogP contribution in [0.3, 0.4) is 0 Å². The standard InChI is InChI=1S/C38H45ClN4O6S/c1-24-6-4-8-33(44)29-12-9-27(29)18-43-22-38(15-5-7-25-16-28(39)11-13-31(25)38)23-49-35-14-10-26(17-32(35)43)36(46)41-50(47,20-24)21-34(45)30-19-42(2)40-37(30)48-3/h4,8,10-11,13-14,16-17,19,24,27,29,33,44H,5-7,9,12,15,18,20-23H2,1-3H3/b8-4+/t24-,27-,29+,33-,38-,50+/m0/s1. The average Bonchev–Trinajstić information content (AvgIpc) is 3.37. The molecule has 12 heteroatoms. The van der Waals surface area contributed by atoms with E-state index in [-0.39, 0.29) is 45.9 Å². The van der Waals surface area contributed by atoms with Gasteiger partial charge in [-0.15, -0.1) is 5.10 Å². The molecule has 2 bridgehead atoms. The van der Waals surface area contributed by atoms with Crippen molar-refractivity contribution in [3.8, 4) is 11.6 Å². The molecule has 266 valence electrons. The molecule has 1 amide bonds. The SMILES string of the molecule is COc1nn(C)cc1C(=O)C[S@@]1(=O)=NC(=O)c2ccc3c(c2)N(C[C@@H]2CC[C@H]2[C@@H](O)/C=C/C[C@H](C)C1)C[C@@]1(CCCc2cc(Cl)ccc21)CO3. The van der Waals surface area contributed by atoms with Crippen LogP contribution in [-0.4, -0.2) is 75.2 Å². The van der Waals surface area contributed by atoms with Gasteiger partial charge in [0.05, 0.1) is 41.0 Å². The van der Waals surface area contributed by atoms with Crippen molar-refractivity contribution in [3.63, 3.8) is 0 Å². The molecule has 50 heavy (non-hydrogen) atoms. The van der Waals surface area contributed by atoms with Crippen LogP contribution in [-0.2, 0) is 28.6 Å². The second-order valence-corrected chi connectivity index (χ2v) is 17.5. The molecule has 1 spiro atoms. The number of ketones is 1. The maximum atomic E-state index is 14.6. The lowest BCUT2D eigenvalue weighted by molar-refractivity contribution is 0.0456. The quantitative estimate of drug-likeness (QED) is 0.256. The molecular weight excluding hydrogens is 676 g/mol. The molecule has 1 aromatic heterocycles. The maximum Gasteiger partial charge on any atom is 0.285 e. The van der Waals surface area contributed by atoms with E-state index in [2.05, 4.69) is 26.5 Å². The normalized spacial score (nSPS) is 30.2. The zero-order valence-electron chi connectivity index (χ0n) is 28.8. The minimum absolute atomic E-state index is 0.0334. The number of halogens is 1. The Bertz CT molecular complexity index is 1970. The number of allylic oxidation sites excluding steroid dienone is 1. The number of aliphatic hydroxyl groups is 1. The lowest BCUT2D eigenvalue weighted by Gasteiger charge is -2.45. The maximum absolute atomic E-state index is 14.6. The minimum atomic E-state index is -3.37. The molecule has 0 saturated heterocycles. The monoisotopic (exact) mass is 720 g/mol. The Morgan fingerprint density at radius 1 is 1.22 bits per heavy atom. The summed E-state index contributed by atoms with van der Waals surface area (Å²) in [6, 6.07) is 11.5. The summed E-state index contributed by atoms with van der Waals surface area (Å²) >= 11 is 6.43. The number of aliphatic hydroxyl groups excluding tert-OH is 1. The Morgan fingerprint density at radius 3 is 2.84 bits per heavy atom. The third-order valence-electron chi connectivity index (χ3n) is 11.0. The van der Waals surface area contributed by atoms with Crippen molar-refractivity contribution in [1.29, 1.82) is 0 Å². The molecule has 0 unspecified atom stereocenters. The van der Waals surface area contributed by atoms with E-state index in [1.807, 2.05) is 31.2 Å². The molecule has 3 heterocycles. The number of aryl methyl sites for hydroxylation is 2. The molecule has 3 aromatic rings. The van der Waals surface area contributed by atoms with Gasteiger partial charge in [0.1, 0.15) is 11.3 Å². The summed E-state index contributed by atoms with van der Waals surface area (Å²) in [5, 5.41) is 16.2. The van der Waals surface area contributed by atoms with E-state index in [1.165, 1.54) is 29.1 Å². The molecule has 2 aliphatic heterocycles. The number of hydrogen-bond acceptors (Lipinski definition) is 8. The van der Waals surface area contributed by atoms with E-state index in [4.69, 9.17) is 21.1 Å². The van der Waals surface area contributed by atoms with Crippen molar-refractivity contribution in [3.05, 3.63) is 82.0 Å². The van der Waals surface area contributed by atoms with Gasteiger partial charge in [-0.1, -0.05) is 36.7 Å². The Labute approximate surface area is 299 Å². The van der Waals surface area contributed by atoms with Gasteiger partial charge in [0, 0.05) is 48.1 Å². The number of ether oxygens (including phenoxy) is 2. The second kappa shape index (κ2) is 13.8. The molecule has 1 N–H and O–H groups in total. The number of hydrogen-bond donors (Lipinski definition) is 1. The number of anilines is 1. The highest BCUT2D eigenvalue weighted by Crippen LogP contribution is 2.47.